The van der Waals surface area contributed by atoms with Crippen LogP contribution in [-0.4, -0.2) is 49.0 Å². The molecule has 2 aromatic rings. The quantitative estimate of drug-likeness (QED) is 0.773. The Kier molecular flexibility index (Phi) is 8.32. The lowest BCUT2D eigenvalue weighted by atomic mass is 10.1. The zero-order valence-electron chi connectivity index (χ0n) is 15.1. The van der Waals surface area contributed by atoms with Crippen LogP contribution in [0.25, 0.3) is 0 Å². The molecule has 1 fully saturated rings. The van der Waals surface area contributed by atoms with Gasteiger partial charge in [-0.05, 0) is 42.3 Å². The molecule has 0 bridgehead atoms. The van der Waals surface area contributed by atoms with Gasteiger partial charge in [0, 0.05) is 19.6 Å². The number of nitrogens with zero attached hydrogens (tertiary/aromatic N) is 1. The fourth-order valence-electron chi connectivity index (χ4n) is 3.04. The fraction of sp³-hybridized carbons (Fsp3) is 0.400. The van der Waals surface area contributed by atoms with Gasteiger partial charge in [-0.1, -0.05) is 29.8 Å². The molecule has 4 nitrogen and oxygen atoms in total. The predicted octanol–water partition coefficient (Wildman–Crippen LogP) is 4.02. The Bertz CT molecular complexity index is 747. The van der Waals surface area contributed by atoms with Gasteiger partial charge in [-0.15, -0.1) is 12.4 Å². The van der Waals surface area contributed by atoms with Crippen LogP contribution < -0.4 is 4.74 Å². The average Bonchev–Trinajstić information content (AvgIpc) is 2.61. The second kappa shape index (κ2) is 10.2. The number of hydrogen-bond donors (Lipinski definition) is 1. The molecule has 2 unspecified atom stereocenters. The van der Waals surface area contributed by atoms with Crippen LogP contribution >= 0.6 is 24.0 Å². The predicted molar refractivity (Wildman–Crippen MR) is 106 cm³/mol. The van der Waals surface area contributed by atoms with Crippen LogP contribution in [0.5, 0.6) is 5.75 Å². The number of morpholine rings is 1. The van der Waals surface area contributed by atoms with Crippen molar-refractivity contribution in [2.24, 2.45) is 0 Å². The van der Waals surface area contributed by atoms with E-state index in [1.807, 2.05) is 25.1 Å². The topological polar surface area (TPSA) is 41.9 Å². The highest BCUT2D eigenvalue weighted by atomic mass is 35.5. The van der Waals surface area contributed by atoms with Crippen molar-refractivity contribution in [2.45, 2.75) is 19.1 Å². The maximum atomic E-state index is 13.4. The van der Waals surface area contributed by atoms with Gasteiger partial charge < -0.3 is 14.6 Å². The first-order valence-electron chi connectivity index (χ1n) is 8.67. The minimum atomic E-state index is -0.654. The van der Waals surface area contributed by atoms with E-state index in [0.29, 0.717) is 37.0 Å². The van der Waals surface area contributed by atoms with E-state index in [1.165, 1.54) is 12.1 Å². The van der Waals surface area contributed by atoms with Crippen molar-refractivity contribution in [1.29, 1.82) is 0 Å². The SMILES string of the molecule is Cc1ccc(OCC(O)CN2CCOC(c3cccc(F)c3)C2)c(Cl)c1.Cl. The average molecular weight is 416 g/mol. The summed E-state index contributed by atoms with van der Waals surface area (Å²) in [6, 6.07) is 12.0. The smallest absolute Gasteiger partial charge is 0.138 e. The van der Waals surface area contributed by atoms with Crippen LogP contribution in [0.2, 0.25) is 5.02 Å². The molecule has 0 aliphatic carbocycles. The van der Waals surface area contributed by atoms with Crippen LogP contribution in [0.3, 0.4) is 0 Å². The highest BCUT2D eigenvalue weighted by Gasteiger charge is 2.24. The van der Waals surface area contributed by atoms with Crippen molar-refractivity contribution in [3.63, 3.8) is 0 Å². The fourth-order valence-corrected chi connectivity index (χ4v) is 3.33. The zero-order chi connectivity index (χ0) is 18.5. The van der Waals surface area contributed by atoms with Crippen LogP contribution in [0, 0.1) is 12.7 Å². The lowest BCUT2D eigenvalue weighted by Gasteiger charge is -2.34. The first-order valence-corrected chi connectivity index (χ1v) is 9.05. The number of aryl methyl sites for hydroxylation is 1. The summed E-state index contributed by atoms with van der Waals surface area (Å²) in [6.45, 7) is 4.43. The second-order valence-electron chi connectivity index (χ2n) is 6.57. The van der Waals surface area contributed by atoms with Crippen molar-refractivity contribution >= 4 is 24.0 Å². The Balaban J connectivity index is 0.00000261. The molecule has 0 spiro atoms. The van der Waals surface area contributed by atoms with Crippen molar-refractivity contribution in [3.05, 3.63) is 64.4 Å². The zero-order valence-corrected chi connectivity index (χ0v) is 16.7. The van der Waals surface area contributed by atoms with Gasteiger partial charge in [0.1, 0.15) is 24.3 Å². The lowest BCUT2D eigenvalue weighted by Crippen LogP contribution is -2.43. The van der Waals surface area contributed by atoms with Crippen molar-refractivity contribution < 1.29 is 19.0 Å². The number of aliphatic hydroxyl groups excluding tert-OH is 1. The molecule has 0 amide bonds. The monoisotopic (exact) mass is 415 g/mol. The molecule has 1 heterocycles. The largest absolute Gasteiger partial charge is 0.489 e. The highest BCUT2D eigenvalue weighted by Crippen LogP contribution is 2.26. The Morgan fingerprint density at radius 2 is 2.15 bits per heavy atom. The number of hydrogen-bond acceptors (Lipinski definition) is 4. The van der Waals surface area contributed by atoms with E-state index in [9.17, 15) is 9.50 Å². The molecule has 1 aliphatic heterocycles. The van der Waals surface area contributed by atoms with E-state index < -0.39 is 6.10 Å². The molecule has 7 heteroatoms. The van der Waals surface area contributed by atoms with E-state index in [0.717, 1.165) is 11.1 Å². The Hall–Kier alpha value is -1.37. The van der Waals surface area contributed by atoms with Gasteiger partial charge in [0.25, 0.3) is 0 Å². The third-order valence-electron chi connectivity index (χ3n) is 4.36. The van der Waals surface area contributed by atoms with Crippen molar-refractivity contribution in [1.82, 2.24) is 4.90 Å². The summed E-state index contributed by atoms with van der Waals surface area (Å²) >= 11 is 6.14. The maximum Gasteiger partial charge on any atom is 0.138 e. The van der Waals surface area contributed by atoms with Crippen molar-refractivity contribution in [2.75, 3.05) is 32.8 Å². The van der Waals surface area contributed by atoms with E-state index in [1.54, 1.807) is 12.1 Å². The second-order valence-corrected chi connectivity index (χ2v) is 6.98. The summed E-state index contributed by atoms with van der Waals surface area (Å²) in [4.78, 5) is 2.10. The molecular formula is C20H24Cl2FNO3. The molecule has 3 rings (SSSR count). The van der Waals surface area contributed by atoms with Crippen LogP contribution in [0.1, 0.15) is 17.2 Å². The molecule has 1 N–H and O–H groups in total. The summed E-state index contributed by atoms with van der Waals surface area (Å²) in [5.74, 6) is 0.294. The molecule has 27 heavy (non-hydrogen) atoms. The molecule has 0 aromatic heterocycles. The molecule has 1 aliphatic rings. The minimum Gasteiger partial charge on any atom is -0.489 e. The van der Waals surface area contributed by atoms with Gasteiger partial charge in [-0.3, -0.25) is 4.90 Å². The number of rotatable bonds is 6. The van der Waals surface area contributed by atoms with Gasteiger partial charge in [-0.25, -0.2) is 4.39 Å². The van der Waals surface area contributed by atoms with E-state index in [2.05, 4.69) is 4.90 Å². The number of halogens is 3. The van der Waals surface area contributed by atoms with Crippen LogP contribution in [0.4, 0.5) is 4.39 Å². The third kappa shape index (κ3) is 6.33. The summed E-state index contributed by atoms with van der Waals surface area (Å²) in [5, 5.41) is 10.8. The van der Waals surface area contributed by atoms with E-state index in [-0.39, 0.29) is 30.9 Å². The van der Waals surface area contributed by atoms with Gasteiger partial charge in [0.2, 0.25) is 0 Å². The number of β-amino-alcohol motifs (C(OH)–C–C–N with tert-alkyl or cyclic N) is 1. The first-order chi connectivity index (χ1) is 12.5. The summed E-state index contributed by atoms with van der Waals surface area (Å²) in [7, 11) is 0. The Labute approximate surface area is 170 Å². The molecule has 148 valence electrons. The standard InChI is InChI=1S/C20H23ClFNO3.ClH/c1-14-5-6-19(18(21)9-14)26-13-17(24)11-23-7-8-25-20(12-23)15-3-2-4-16(22)10-15;/h2-6,9-10,17,20,24H,7-8,11-13H2,1H3;1H. The molecule has 1 saturated heterocycles. The third-order valence-corrected chi connectivity index (χ3v) is 4.65. The summed E-state index contributed by atoms with van der Waals surface area (Å²) in [6.07, 6.45) is -0.849. The normalized spacial score (nSPS) is 18.6. The summed E-state index contributed by atoms with van der Waals surface area (Å²) in [5.41, 5.74) is 1.87. The molecule has 2 atom stereocenters. The van der Waals surface area contributed by atoms with Gasteiger partial charge >= 0.3 is 0 Å². The molecule has 0 radical (unpaired) electrons. The molecule has 0 saturated carbocycles. The number of ether oxygens (including phenoxy) is 2. The van der Waals surface area contributed by atoms with Gasteiger partial charge in [0.05, 0.1) is 17.7 Å². The van der Waals surface area contributed by atoms with Gasteiger partial charge in [0.15, 0.2) is 0 Å². The molecular weight excluding hydrogens is 392 g/mol. The highest BCUT2D eigenvalue weighted by molar-refractivity contribution is 6.32. The van der Waals surface area contributed by atoms with Crippen molar-refractivity contribution in [3.8, 4) is 5.75 Å². The number of aliphatic hydroxyl groups is 1. The minimum absolute atomic E-state index is 0. The summed E-state index contributed by atoms with van der Waals surface area (Å²) < 4.78 is 24.8. The Morgan fingerprint density at radius 1 is 1.33 bits per heavy atom. The lowest BCUT2D eigenvalue weighted by molar-refractivity contribution is -0.0460. The van der Waals surface area contributed by atoms with Gasteiger partial charge in [-0.2, -0.15) is 0 Å². The number of benzene rings is 2. The van der Waals surface area contributed by atoms with Crippen LogP contribution in [-0.2, 0) is 4.74 Å². The van der Waals surface area contributed by atoms with Crippen LogP contribution in [0.15, 0.2) is 42.5 Å². The van der Waals surface area contributed by atoms with E-state index in [4.69, 9.17) is 21.1 Å². The first kappa shape index (κ1) is 21.9. The molecule has 2 aromatic carbocycles. The maximum absolute atomic E-state index is 13.4. The Morgan fingerprint density at radius 3 is 2.89 bits per heavy atom. The van der Waals surface area contributed by atoms with E-state index >= 15 is 0 Å².